The Labute approximate surface area is 211 Å². The number of rotatable bonds is 6. The van der Waals surface area contributed by atoms with Gasteiger partial charge in [0.1, 0.15) is 0 Å². The van der Waals surface area contributed by atoms with Crippen molar-refractivity contribution in [2.24, 2.45) is 0 Å². The van der Waals surface area contributed by atoms with Crippen LogP contribution in [-0.2, 0) is 30.8 Å². The smallest absolute Gasteiger partial charge is 0.242 e. The Morgan fingerprint density at radius 1 is 1.03 bits per heavy atom. The summed E-state index contributed by atoms with van der Waals surface area (Å²) >= 11 is 0. The van der Waals surface area contributed by atoms with E-state index in [2.05, 4.69) is 57.0 Å². The highest BCUT2D eigenvalue weighted by atomic mass is 16.2. The summed E-state index contributed by atoms with van der Waals surface area (Å²) in [5.41, 5.74) is 8.38. The first-order valence-corrected chi connectivity index (χ1v) is 12.2. The van der Waals surface area contributed by atoms with Crippen molar-refractivity contribution in [3.05, 3.63) is 118 Å². The molecule has 2 heterocycles. The van der Waals surface area contributed by atoms with Crippen molar-refractivity contribution >= 4 is 11.6 Å². The predicted octanol–water partition coefficient (Wildman–Crippen LogP) is 4.99. The van der Waals surface area contributed by atoms with Gasteiger partial charge in [-0.1, -0.05) is 48.5 Å². The molecule has 0 bridgehead atoms. The number of imidazole rings is 1. The molecule has 0 saturated carbocycles. The zero-order valence-electron chi connectivity index (χ0n) is 20.6. The Bertz CT molecular complexity index is 1430. The number of carbonyl (C=O) groups excluding carboxylic acids is 1. The van der Waals surface area contributed by atoms with Gasteiger partial charge in [0.2, 0.25) is 5.91 Å². The molecular formula is C30H29N5O. The van der Waals surface area contributed by atoms with Gasteiger partial charge in [-0.25, -0.2) is 4.98 Å². The Morgan fingerprint density at radius 2 is 1.81 bits per heavy atom. The Balaban J connectivity index is 1.39. The fourth-order valence-electron chi connectivity index (χ4n) is 4.82. The molecule has 1 atom stereocenters. The summed E-state index contributed by atoms with van der Waals surface area (Å²) in [6.45, 7) is 6.06. The maximum Gasteiger partial charge on any atom is 0.242 e. The van der Waals surface area contributed by atoms with Gasteiger partial charge < -0.3 is 9.88 Å². The van der Waals surface area contributed by atoms with Gasteiger partial charge in [0, 0.05) is 31.5 Å². The minimum atomic E-state index is -0.293. The number of benzene rings is 3. The third-order valence-corrected chi connectivity index (χ3v) is 7.11. The molecular weight excluding hydrogens is 446 g/mol. The van der Waals surface area contributed by atoms with Crippen LogP contribution in [0.3, 0.4) is 0 Å². The predicted molar refractivity (Wildman–Crippen MR) is 140 cm³/mol. The van der Waals surface area contributed by atoms with E-state index in [4.69, 9.17) is 5.26 Å². The van der Waals surface area contributed by atoms with Crippen molar-refractivity contribution in [1.29, 1.82) is 5.26 Å². The molecule has 1 N–H and O–H groups in total. The second-order valence-electron chi connectivity index (χ2n) is 9.45. The van der Waals surface area contributed by atoms with Crippen molar-refractivity contribution in [1.82, 2.24) is 14.5 Å². The first-order valence-electron chi connectivity index (χ1n) is 12.2. The Kier molecular flexibility index (Phi) is 6.66. The summed E-state index contributed by atoms with van der Waals surface area (Å²) in [6.07, 6.45) is 4.37. The SMILES string of the molecule is Cc1cccc(NC(=O)[C@@H]2Cc3ccccc3CN2Cc2cncn2Cc2ccc(C#N)cc2)c1C. The zero-order chi connectivity index (χ0) is 25.1. The lowest BCUT2D eigenvalue weighted by Crippen LogP contribution is -2.47. The summed E-state index contributed by atoms with van der Waals surface area (Å²) in [5.74, 6) is 0.0105. The topological polar surface area (TPSA) is 74.0 Å². The number of anilines is 1. The molecule has 0 unspecified atom stereocenters. The number of aromatic nitrogens is 2. The molecule has 1 aromatic heterocycles. The number of nitrogens with one attached hydrogen (secondary N) is 1. The molecule has 6 heteroatoms. The van der Waals surface area contributed by atoms with Crippen LogP contribution >= 0.6 is 0 Å². The molecule has 6 nitrogen and oxygen atoms in total. The minimum Gasteiger partial charge on any atom is -0.329 e. The van der Waals surface area contributed by atoms with Crippen molar-refractivity contribution in [3.8, 4) is 6.07 Å². The van der Waals surface area contributed by atoms with Crippen LogP contribution in [0, 0.1) is 25.2 Å². The highest BCUT2D eigenvalue weighted by molar-refractivity contribution is 5.96. The van der Waals surface area contributed by atoms with Gasteiger partial charge in [0.25, 0.3) is 0 Å². The average molecular weight is 476 g/mol. The first kappa shape index (κ1) is 23.5. The molecule has 0 radical (unpaired) electrons. The number of carbonyl (C=O) groups is 1. The van der Waals surface area contributed by atoms with Gasteiger partial charge in [0.05, 0.1) is 29.7 Å². The second kappa shape index (κ2) is 10.2. The molecule has 36 heavy (non-hydrogen) atoms. The lowest BCUT2D eigenvalue weighted by Gasteiger charge is -2.36. The lowest BCUT2D eigenvalue weighted by atomic mass is 9.93. The molecule has 0 aliphatic carbocycles. The molecule has 0 saturated heterocycles. The van der Waals surface area contributed by atoms with E-state index in [0.29, 0.717) is 31.6 Å². The highest BCUT2D eigenvalue weighted by Gasteiger charge is 2.32. The van der Waals surface area contributed by atoms with Crippen LogP contribution in [0.4, 0.5) is 5.69 Å². The average Bonchev–Trinajstić information content (AvgIpc) is 3.33. The lowest BCUT2D eigenvalue weighted by molar-refractivity contribution is -0.122. The minimum absolute atomic E-state index is 0.0105. The molecule has 4 aromatic rings. The fourth-order valence-corrected chi connectivity index (χ4v) is 4.82. The van der Waals surface area contributed by atoms with E-state index in [1.54, 1.807) is 0 Å². The summed E-state index contributed by atoms with van der Waals surface area (Å²) in [7, 11) is 0. The quantitative estimate of drug-likeness (QED) is 0.427. The highest BCUT2D eigenvalue weighted by Crippen LogP contribution is 2.27. The van der Waals surface area contributed by atoms with E-state index < -0.39 is 0 Å². The third-order valence-electron chi connectivity index (χ3n) is 7.11. The largest absolute Gasteiger partial charge is 0.329 e. The van der Waals surface area contributed by atoms with E-state index >= 15 is 0 Å². The monoisotopic (exact) mass is 475 g/mol. The van der Waals surface area contributed by atoms with Crippen LogP contribution < -0.4 is 5.32 Å². The zero-order valence-corrected chi connectivity index (χ0v) is 20.6. The molecule has 0 fully saturated rings. The molecule has 1 amide bonds. The van der Waals surface area contributed by atoms with Crippen LogP contribution in [0.1, 0.15) is 39.1 Å². The summed E-state index contributed by atoms with van der Waals surface area (Å²) < 4.78 is 2.11. The van der Waals surface area contributed by atoms with Crippen LogP contribution in [-0.4, -0.2) is 26.4 Å². The van der Waals surface area contributed by atoms with E-state index in [1.165, 1.54) is 11.1 Å². The second-order valence-corrected chi connectivity index (χ2v) is 9.45. The normalized spacial score (nSPS) is 15.2. The van der Waals surface area contributed by atoms with Crippen LogP contribution in [0.25, 0.3) is 0 Å². The number of nitriles is 1. The first-order chi connectivity index (χ1) is 17.5. The van der Waals surface area contributed by atoms with Crippen molar-refractivity contribution in [3.63, 3.8) is 0 Å². The van der Waals surface area contributed by atoms with Gasteiger partial charge in [0.15, 0.2) is 0 Å². The summed E-state index contributed by atoms with van der Waals surface area (Å²) in [5, 5.41) is 12.3. The molecule has 1 aliphatic rings. The maximum absolute atomic E-state index is 13.6. The van der Waals surface area contributed by atoms with Crippen molar-refractivity contribution < 1.29 is 4.79 Å². The molecule has 3 aromatic carbocycles. The number of nitrogens with zero attached hydrogens (tertiary/aromatic N) is 4. The number of fused-ring (bicyclic) bond motifs is 1. The number of aryl methyl sites for hydroxylation is 1. The van der Waals surface area contributed by atoms with Crippen molar-refractivity contribution in [2.75, 3.05) is 5.32 Å². The van der Waals surface area contributed by atoms with E-state index in [1.807, 2.05) is 61.9 Å². The van der Waals surface area contributed by atoms with Crippen molar-refractivity contribution in [2.45, 2.75) is 45.9 Å². The van der Waals surface area contributed by atoms with Gasteiger partial charge in [-0.15, -0.1) is 0 Å². The standard InChI is InChI=1S/C30H29N5O/c1-21-6-5-9-28(22(21)2)33-30(36)29-14-25-7-3-4-8-26(25)18-34(29)19-27-16-32-20-35(27)17-24-12-10-23(15-31)11-13-24/h3-13,16,20,29H,14,17-19H2,1-2H3,(H,33,36)/t29-/m0/s1. The van der Waals surface area contributed by atoms with E-state index in [0.717, 1.165) is 28.1 Å². The summed E-state index contributed by atoms with van der Waals surface area (Å²) in [4.78, 5) is 20.3. The number of hydrogen-bond acceptors (Lipinski definition) is 4. The number of amides is 1. The number of hydrogen-bond donors (Lipinski definition) is 1. The maximum atomic E-state index is 13.6. The molecule has 180 valence electrons. The van der Waals surface area contributed by atoms with Crippen LogP contribution in [0.15, 0.2) is 79.3 Å². The van der Waals surface area contributed by atoms with Gasteiger partial charge >= 0.3 is 0 Å². The molecule has 1 aliphatic heterocycles. The van der Waals surface area contributed by atoms with Crippen LogP contribution in [0.2, 0.25) is 0 Å². The molecule has 5 rings (SSSR count). The molecule has 0 spiro atoms. The van der Waals surface area contributed by atoms with Crippen LogP contribution in [0.5, 0.6) is 0 Å². The van der Waals surface area contributed by atoms with Gasteiger partial charge in [-0.3, -0.25) is 9.69 Å². The fraction of sp³-hybridized carbons (Fsp3) is 0.233. The van der Waals surface area contributed by atoms with E-state index in [-0.39, 0.29) is 11.9 Å². The Hall–Kier alpha value is -4.21. The van der Waals surface area contributed by atoms with Gasteiger partial charge in [-0.05, 0) is 66.3 Å². The Morgan fingerprint density at radius 3 is 2.58 bits per heavy atom. The summed E-state index contributed by atoms with van der Waals surface area (Å²) in [6, 6.07) is 23.9. The van der Waals surface area contributed by atoms with Gasteiger partial charge in [-0.2, -0.15) is 5.26 Å². The third kappa shape index (κ3) is 4.93. The van der Waals surface area contributed by atoms with E-state index in [9.17, 15) is 4.79 Å².